The van der Waals surface area contributed by atoms with Crippen molar-refractivity contribution in [2.45, 2.75) is 19.8 Å². The van der Waals surface area contributed by atoms with Crippen molar-refractivity contribution < 1.29 is 4.79 Å². The van der Waals surface area contributed by atoms with Crippen molar-refractivity contribution in [3.05, 3.63) is 46.5 Å². The van der Waals surface area contributed by atoms with E-state index in [0.29, 0.717) is 5.13 Å². The van der Waals surface area contributed by atoms with Crippen molar-refractivity contribution in [1.29, 1.82) is 5.26 Å². The summed E-state index contributed by atoms with van der Waals surface area (Å²) >= 11 is 1.31. The standard InChI is InChI=1S/C15H14N4OS/c1-10(2)14-18-19-15(21-14)17-13(20)12(9-16)8-11-6-4-3-5-7-11/h3-8,10H,1-2H3,(H,17,19,20)/b12-8-. The van der Waals surface area contributed by atoms with Gasteiger partial charge >= 0.3 is 0 Å². The van der Waals surface area contributed by atoms with E-state index in [0.717, 1.165) is 10.6 Å². The van der Waals surface area contributed by atoms with E-state index >= 15 is 0 Å². The minimum absolute atomic E-state index is 0.0301. The van der Waals surface area contributed by atoms with Crippen LogP contribution in [-0.4, -0.2) is 16.1 Å². The summed E-state index contributed by atoms with van der Waals surface area (Å²) in [5.74, 6) is -0.226. The Labute approximate surface area is 127 Å². The van der Waals surface area contributed by atoms with Gasteiger partial charge in [-0.15, -0.1) is 10.2 Å². The van der Waals surface area contributed by atoms with Crippen molar-refractivity contribution in [3.8, 4) is 6.07 Å². The summed E-state index contributed by atoms with van der Waals surface area (Å²) in [5.41, 5.74) is 0.826. The summed E-state index contributed by atoms with van der Waals surface area (Å²) in [7, 11) is 0. The first-order valence-corrected chi connectivity index (χ1v) is 7.23. The van der Waals surface area contributed by atoms with E-state index < -0.39 is 5.91 Å². The largest absolute Gasteiger partial charge is 0.296 e. The van der Waals surface area contributed by atoms with Gasteiger partial charge in [0.05, 0.1) is 0 Å². The van der Waals surface area contributed by atoms with Gasteiger partial charge in [-0.3, -0.25) is 10.1 Å². The summed E-state index contributed by atoms with van der Waals surface area (Å²) in [6.07, 6.45) is 1.54. The Kier molecular flexibility index (Phi) is 4.80. The van der Waals surface area contributed by atoms with Crippen molar-refractivity contribution in [1.82, 2.24) is 10.2 Å². The Morgan fingerprint density at radius 3 is 2.62 bits per heavy atom. The first kappa shape index (κ1) is 14.9. The third kappa shape index (κ3) is 3.97. The summed E-state index contributed by atoms with van der Waals surface area (Å²) in [6.45, 7) is 4.00. The molecule has 6 heteroatoms. The van der Waals surface area contributed by atoms with Gasteiger partial charge < -0.3 is 0 Å². The van der Waals surface area contributed by atoms with E-state index in [9.17, 15) is 4.79 Å². The van der Waals surface area contributed by atoms with Crippen molar-refractivity contribution in [2.75, 3.05) is 5.32 Å². The van der Waals surface area contributed by atoms with Gasteiger partial charge in [0.2, 0.25) is 5.13 Å². The number of hydrogen-bond acceptors (Lipinski definition) is 5. The number of hydrogen-bond donors (Lipinski definition) is 1. The maximum absolute atomic E-state index is 12.1. The Balaban J connectivity index is 2.14. The molecule has 1 heterocycles. The smallest absolute Gasteiger partial charge is 0.268 e. The number of benzene rings is 1. The number of rotatable bonds is 4. The molecule has 2 aromatic rings. The summed E-state index contributed by atoms with van der Waals surface area (Å²) in [4.78, 5) is 12.1. The minimum Gasteiger partial charge on any atom is -0.296 e. The van der Waals surface area contributed by atoms with Gasteiger partial charge in [-0.1, -0.05) is 55.5 Å². The summed E-state index contributed by atoms with van der Waals surface area (Å²) in [5, 5.41) is 20.9. The molecule has 0 aliphatic heterocycles. The molecule has 0 saturated heterocycles. The Hall–Kier alpha value is -2.52. The second-order valence-corrected chi connectivity index (χ2v) is 5.64. The van der Waals surface area contributed by atoms with E-state index in [1.165, 1.54) is 11.3 Å². The molecule has 0 spiro atoms. The lowest BCUT2D eigenvalue weighted by molar-refractivity contribution is -0.112. The number of carbonyl (C=O) groups excluding carboxylic acids is 1. The van der Waals surface area contributed by atoms with E-state index in [1.807, 2.05) is 50.2 Å². The maximum Gasteiger partial charge on any atom is 0.268 e. The molecule has 0 unspecified atom stereocenters. The highest BCUT2D eigenvalue weighted by atomic mass is 32.1. The van der Waals surface area contributed by atoms with Crippen LogP contribution in [0.5, 0.6) is 0 Å². The first-order chi connectivity index (χ1) is 10.1. The average Bonchev–Trinajstić information content (AvgIpc) is 2.94. The third-order valence-corrected chi connectivity index (χ3v) is 3.77. The molecule has 0 fully saturated rings. The normalized spacial score (nSPS) is 11.2. The molecular formula is C15H14N4OS. The molecule has 0 aliphatic carbocycles. The monoisotopic (exact) mass is 298 g/mol. The van der Waals surface area contributed by atoms with Crippen LogP contribution in [0, 0.1) is 11.3 Å². The molecule has 0 aliphatic rings. The molecule has 1 aromatic heterocycles. The van der Waals surface area contributed by atoms with Crippen molar-refractivity contribution in [2.24, 2.45) is 0 Å². The molecule has 1 N–H and O–H groups in total. The number of aromatic nitrogens is 2. The van der Waals surface area contributed by atoms with Gasteiger partial charge in [0.25, 0.3) is 5.91 Å². The van der Waals surface area contributed by atoms with E-state index in [1.54, 1.807) is 6.08 Å². The Morgan fingerprint density at radius 2 is 2.05 bits per heavy atom. The first-order valence-electron chi connectivity index (χ1n) is 6.41. The minimum atomic E-state index is -0.479. The summed E-state index contributed by atoms with van der Waals surface area (Å²) < 4.78 is 0. The van der Waals surface area contributed by atoms with Crippen LogP contribution in [0.15, 0.2) is 35.9 Å². The van der Waals surface area contributed by atoms with E-state index in [4.69, 9.17) is 5.26 Å². The zero-order valence-corrected chi connectivity index (χ0v) is 12.5. The summed E-state index contributed by atoms with van der Waals surface area (Å²) in [6, 6.07) is 11.1. The number of carbonyl (C=O) groups is 1. The molecule has 1 amide bonds. The van der Waals surface area contributed by atoms with Crippen LogP contribution in [0.25, 0.3) is 6.08 Å². The lowest BCUT2D eigenvalue weighted by Crippen LogP contribution is -2.13. The number of nitrogens with zero attached hydrogens (tertiary/aromatic N) is 3. The number of nitriles is 1. The molecule has 0 bridgehead atoms. The predicted molar refractivity (Wildman–Crippen MR) is 82.7 cm³/mol. The molecular weight excluding hydrogens is 284 g/mol. The number of nitrogens with one attached hydrogen (secondary N) is 1. The quantitative estimate of drug-likeness (QED) is 0.694. The van der Waals surface area contributed by atoms with Gasteiger partial charge in [-0.05, 0) is 11.6 Å². The van der Waals surface area contributed by atoms with Crippen molar-refractivity contribution in [3.63, 3.8) is 0 Å². The van der Waals surface area contributed by atoms with E-state index in [2.05, 4.69) is 15.5 Å². The van der Waals surface area contributed by atoms with Crippen LogP contribution < -0.4 is 5.32 Å². The fourth-order valence-corrected chi connectivity index (χ4v) is 2.29. The van der Waals surface area contributed by atoms with Crippen LogP contribution in [0.1, 0.15) is 30.3 Å². The van der Waals surface area contributed by atoms with Gasteiger partial charge in [-0.25, -0.2) is 0 Å². The van der Waals surface area contributed by atoms with Crippen LogP contribution in [-0.2, 0) is 4.79 Å². The molecule has 5 nitrogen and oxygen atoms in total. The van der Waals surface area contributed by atoms with Crippen molar-refractivity contribution >= 4 is 28.5 Å². The lowest BCUT2D eigenvalue weighted by atomic mass is 10.1. The molecule has 106 valence electrons. The SMILES string of the molecule is CC(C)c1nnc(NC(=O)/C(C#N)=C\c2ccccc2)s1. The fourth-order valence-electron chi connectivity index (χ4n) is 1.55. The average molecular weight is 298 g/mol. The maximum atomic E-state index is 12.1. The van der Waals surface area contributed by atoms with Gasteiger partial charge in [0.15, 0.2) is 0 Å². The molecule has 21 heavy (non-hydrogen) atoms. The molecule has 0 saturated carbocycles. The molecule has 0 atom stereocenters. The Morgan fingerprint density at radius 1 is 1.33 bits per heavy atom. The second kappa shape index (κ2) is 6.77. The fraction of sp³-hybridized carbons (Fsp3) is 0.200. The second-order valence-electron chi connectivity index (χ2n) is 4.63. The van der Waals surface area contributed by atoms with Crippen LogP contribution in [0.4, 0.5) is 5.13 Å². The lowest BCUT2D eigenvalue weighted by Gasteiger charge is -1.99. The zero-order valence-electron chi connectivity index (χ0n) is 11.7. The van der Waals surface area contributed by atoms with Gasteiger partial charge in [0, 0.05) is 5.92 Å². The van der Waals surface area contributed by atoms with Crippen LogP contribution >= 0.6 is 11.3 Å². The third-order valence-electron chi connectivity index (χ3n) is 2.63. The van der Waals surface area contributed by atoms with Crippen LogP contribution in [0.2, 0.25) is 0 Å². The topological polar surface area (TPSA) is 78.7 Å². The highest BCUT2D eigenvalue weighted by Gasteiger charge is 2.13. The molecule has 0 radical (unpaired) electrons. The van der Waals surface area contributed by atoms with Crippen LogP contribution in [0.3, 0.4) is 0 Å². The number of amides is 1. The highest BCUT2D eigenvalue weighted by Crippen LogP contribution is 2.22. The molecule has 2 rings (SSSR count). The van der Waals surface area contributed by atoms with Gasteiger partial charge in [-0.2, -0.15) is 5.26 Å². The zero-order chi connectivity index (χ0) is 15.2. The molecule has 1 aromatic carbocycles. The predicted octanol–water partition coefficient (Wildman–Crippen LogP) is 3.21. The highest BCUT2D eigenvalue weighted by molar-refractivity contribution is 7.15. The number of anilines is 1. The van der Waals surface area contributed by atoms with Gasteiger partial charge in [0.1, 0.15) is 16.6 Å². The van der Waals surface area contributed by atoms with E-state index in [-0.39, 0.29) is 11.5 Å². The Bertz CT molecular complexity index is 698.